The van der Waals surface area contributed by atoms with E-state index >= 15 is 0 Å². The zero-order valence-corrected chi connectivity index (χ0v) is 8.63. The van der Waals surface area contributed by atoms with Crippen LogP contribution in [0.1, 0.15) is 27.2 Å². The first-order valence-electron chi connectivity index (χ1n) is 4.53. The van der Waals surface area contributed by atoms with Crippen LogP contribution >= 0.6 is 0 Å². The van der Waals surface area contributed by atoms with Gasteiger partial charge < -0.3 is 4.74 Å². The summed E-state index contributed by atoms with van der Waals surface area (Å²) in [5.74, 6) is 0. The second kappa shape index (κ2) is 7.10. The van der Waals surface area contributed by atoms with Gasteiger partial charge in [0.25, 0.3) is 0 Å². The van der Waals surface area contributed by atoms with E-state index in [-0.39, 0.29) is 0 Å². The number of rotatable bonds is 6. The molecule has 0 aliphatic carbocycles. The molecule has 0 fully saturated rings. The highest BCUT2D eigenvalue weighted by molar-refractivity contribution is 5.81. The predicted molar refractivity (Wildman–Crippen MR) is 52.5 cm³/mol. The van der Waals surface area contributed by atoms with E-state index in [4.69, 9.17) is 4.74 Å². The van der Waals surface area contributed by atoms with Crippen molar-refractivity contribution >= 4 is 5.71 Å². The van der Waals surface area contributed by atoms with Crippen LogP contribution in [0.3, 0.4) is 0 Å². The number of hydrogen-bond acceptors (Lipinski definition) is 3. The molecule has 0 saturated heterocycles. The second-order valence-electron chi connectivity index (χ2n) is 2.77. The molecule has 0 aliphatic rings. The van der Waals surface area contributed by atoms with Crippen LogP contribution in [-0.2, 0) is 4.74 Å². The Morgan fingerprint density at radius 1 is 1.42 bits per heavy atom. The second-order valence-corrected chi connectivity index (χ2v) is 2.77. The van der Waals surface area contributed by atoms with E-state index in [9.17, 15) is 0 Å². The highest BCUT2D eigenvalue weighted by Gasteiger charge is 1.93. The Morgan fingerprint density at radius 3 is 2.58 bits per heavy atom. The molecule has 0 aromatic rings. The molecule has 0 amide bonds. The molecular formula is C9H20N2O. The Hall–Kier alpha value is -0.570. The Balaban J connectivity index is 3.51. The van der Waals surface area contributed by atoms with E-state index in [0.29, 0.717) is 0 Å². The van der Waals surface area contributed by atoms with Crippen molar-refractivity contribution in [3.63, 3.8) is 0 Å². The lowest BCUT2D eigenvalue weighted by Crippen LogP contribution is -2.19. The maximum atomic E-state index is 5.21. The van der Waals surface area contributed by atoms with Crippen LogP contribution in [0.15, 0.2) is 5.10 Å². The zero-order chi connectivity index (χ0) is 9.40. The summed E-state index contributed by atoms with van der Waals surface area (Å²) in [5, 5.41) is 6.26. The highest BCUT2D eigenvalue weighted by atomic mass is 16.5. The Labute approximate surface area is 75.4 Å². The first-order valence-corrected chi connectivity index (χ1v) is 4.53. The van der Waals surface area contributed by atoms with Crippen molar-refractivity contribution in [3.8, 4) is 0 Å². The van der Waals surface area contributed by atoms with Gasteiger partial charge in [-0.25, -0.2) is 0 Å². The molecule has 0 rings (SSSR count). The number of ether oxygens (including phenoxy) is 1. The lowest BCUT2D eigenvalue weighted by molar-refractivity contribution is 0.123. The maximum Gasteiger partial charge on any atom is 0.0658 e. The summed E-state index contributed by atoms with van der Waals surface area (Å²) in [5.41, 5.74) is 1.16. The van der Waals surface area contributed by atoms with Gasteiger partial charge in [-0.1, -0.05) is 6.92 Å². The van der Waals surface area contributed by atoms with Crippen molar-refractivity contribution in [3.05, 3.63) is 0 Å². The SMILES string of the molecule is CCOCCN(C)/N=C(/C)CC. The fourth-order valence-corrected chi connectivity index (χ4v) is 0.753. The third-order valence-electron chi connectivity index (χ3n) is 1.62. The molecule has 0 spiro atoms. The minimum absolute atomic E-state index is 0.757. The van der Waals surface area contributed by atoms with Crippen molar-refractivity contribution in [1.29, 1.82) is 0 Å². The largest absolute Gasteiger partial charge is 0.380 e. The summed E-state index contributed by atoms with van der Waals surface area (Å²) in [4.78, 5) is 0. The number of hydrogen-bond donors (Lipinski definition) is 0. The van der Waals surface area contributed by atoms with Gasteiger partial charge in [0.15, 0.2) is 0 Å². The quantitative estimate of drug-likeness (QED) is 0.346. The van der Waals surface area contributed by atoms with Gasteiger partial charge in [-0.2, -0.15) is 5.10 Å². The van der Waals surface area contributed by atoms with E-state index in [0.717, 1.165) is 31.9 Å². The van der Waals surface area contributed by atoms with E-state index in [1.807, 2.05) is 25.9 Å². The van der Waals surface area contributed by atoms with E-state index in [1.54, 1.807) is 0 Å². The summed E-state index contributed by atoms with van der Waals surface area (Å²) in [6.07, 6.45) is 1.01. The van der Waals surface area contributed by atoms with Crippen LogP contribution in [-0.4, -0.2) is 37.5 Å². The molecule has 0 aliphatic heterocycles. The molecule has 0 aromatic carbocycles. The average Bonchev–Trinajstić information content (AvgIpc) is 2.05. The summed E-state index contributed by atoms with van der Waals surface area (Å²) in [6.45, 7) is 8.55. The monoisotopic (exact) mass is 172 g/mol. The van der Waals surface area contributed by atoms with Crippen molar-refractivity contribution in [2.24, 2.45) is 5.10 Å². The lowest BCUT2D eigenvalue weighted by Gasteiger charge is -2.13. The van der Waals surface area contributed by atoms with Crippen molar-refractivity contribution in [2.75, 3.05) is 26.8 Å². The Kier molecular flexibility index (Phi) is 6.76. The molecule has 0 bridgehead atoms. The summed E-state index contributed by atoms with van der Waals surface area (Å²) in [6, 6.07) is 0. The molecule has 12 heavy (non-hydrogen) atoms. The molecule has 0 heterocycles. The van der Waals surface area contributed by atoms with Crippen LogP contribution in [0.4, 0.5) is 0 Å². The molecule has 3 nitrogen and oxygen atoms in total. The Morgan fingerprint density at radius 2 is 2.08 bits per heavy atom. The summed E-state index contributed by atoms with van der Waals surface area (Å²) >= 11 is 0. The van der Waals surface area contributed by atoms with Crippen molar-refractivity contribution in [2.45, 2.75) is 27.2 Å². The standard InChI is InChI=1S/C9H20N2O/c1-5-9(3)10-11(4)7-8-12-6-2/h5-8H2,1-4H3/b10-9-. The highest BCUT2D eigenvalue weighted by Crippen LogP contribution is 1.89. The molecule has 3 heteroatoms. The molecular weight excluding hydrogens is 152 g/mol. The van der Waals surface area contributed by atoms with Gasteiger partial charge in [0.2, 0.25) is 0 Å². The molecule has 0 unspecified atom stereocenters. The normalized spacial score (nSPS) is 11.8. The molecule has 0 radical (unpaired) electrons. The van der Waals surface area contributed by atoms with Crippen molar-refractivity contribution in [1.82, 2.24) is 5.01 Å². The van der Waals surface area contributed by atoms with Crippen molar-refractivity contribution < 1.29 is 4.74 Å². The van der Waals surface area contributed by atoms with Gasteiger partial charge in [0, 0.05) is 19.4 Å². The van der Waals surface area contributed by atoms with Gasteiger partial charge in [-0.05, 0) is 20.3 Å². The smallest absolute Gasteiger partial charge is 0.0658 e. The van der Waals surface area contributed by atoms with Crippen LogP contribution in [0.5, 0.6) is 0 Å². The van der Waals surface area contributed by atoms with Gasteiger partial charge in [0.1, 0.15) is 0 Å². The zero-order valence-electron chi connectivity index (χ0n) is 8.63. The molecule has 0 saturated carbocycles. The Bertz CT molecular complexity index is 134. The first-order chi connectivity index (χ1) is 5.70. The van der Waals surface area contributed by atoms with E-state index < -0.39 is 0 Å². The van der Waals surface area contributed by atoms with Crippen LogP contribution in [0.25, 0.3) is 0 Å². The van der Waals surface area contributed by atoms with Crippen LogP contribution < -0.4 is 0 Å². The number of likely N-dealkylation sites (N-methyl/N-ethyl adjacent to an activating group) is 1. The fourth-order valence-electron chi connectivity index (χ4n) is 0.753. The summed E-state index contributed by atoms with van der Waals surface area (Å²) < 4.78 is 5.21. The third-order valence-corrected chi connectivity index (χ3v) is 1.62. The number of nitrogens with zero attached hydrogens (tertiary/aromatic N) is 2. The summed E-state index contributed by atoms with van der Waals surface area (Å²) in [7, 11) is 1.97. The number of hydrazone groups is 1. The minimum atomic E-state index is 0.757. The van der Waals surface area contributed by atoms with Gasteiger partial charge >= 0.3 is 0 Å². The lowest BCUT2D eigenvalue weighted by atomic mass is 10.3. The molecule has 0 aromatic heterocycles. The fraction of sp³-hybridized carbons (Fsp3) is 0.889. The third kappa shape index (κ3) is 6.16. The predicted octanol–water partition coefficient (Wildman–Crippen LogP) is 1.74. The average molecular weight is 172 g/mol. The van der Waals surface area contributed by atoms with E-state index in [2.05, 4.69) is 12.0 Å². The first kappa shape index (κ1) is 11.4. The van der Waals surface area contributed by atoms with Gasteiger partial charge in [-0.3, -0.25) is 5.01 Å². The van der Waals surface area contributed by atoms with Crippen LogP contribution in [0.2, 0.25) is 0 Å². The van der Waals surface area contributed by atoms with Gasteiger partial charge in [0.05, 0.1) is 13.2 Å². The molecule has 72 valence electrons. The minimum Gasteiger partial charge on any atom is -0.380 e. The molecule has 0 N–H and O–H groups in total. The maximum absolute atomic E-state index is 5.21. The topological polar surface area (TPSA) is 24.8 Å². The van der Waals surface area contributed by atoms with E-state index in [1.165, 1.54) is 0 Å². The van der Waals surface area contributed by atoms with Gasteiger partial charge in [-0.15, -0.1) is 0 Å². The van der Waals surface area contributed by atoms with Crippen LogP contribution in [0, 0.1) is 0 Å². The molecule has 0 atom stereocenters.